The molecule has 11 heavy (non-hydrogen) atoms. The highest BCUT2D eigenvalue weighted by atomic mass is 14.7. The zero-order valence-corrected chi connectivity index (χ0v) is 7.85. The van der Waals surface area contributed by atoms with Gasteiger partial charge in [0.2, 0.25) is 0 Å². The standard InChI is InChI=1S/C11H18/c1-10(2)8-4-7-5-11(7,3)6-9(8)10/h7-9H,4-6H2,1-3H3/t7?,8-,9+,11+/m1/s1. The van der Waals surface area contributed by atoms with Crippen LogP contribution in [0.4, 0.5) is 0 Å². The van der Waals surface area contributed by atoms with Crippen LogP contribution in [0.5, 0.6) is 0 Å². The normalized spacial score (nSPS) is 63.0. The van der Waals surface area contributed by atoms with Gasteiger partial charge in [0.15, 0.2) is 0 Å². The third-order valence-corrected chi connectivity index (χ3v) is 5.05. The SMILES string of the molecule is CC1(C)[C@@H]2CC3C[C@@]3(C)C[C@@H]21. The van der Waals surface area contributed by atoms with E-state index in [2.05, 4.69) is 20.8 Å². The lowest BCUT2D eigenvalue weighted by Gasteiger charge is -2.15. The Balaban J connectivity index is 1.85. The summed E-state index contributed by atoms with van der Waals surface area (Å²) in [6, 6.07) is 0. The van der Waals surface area contributed by atoms with Crippen LogP contribution in [0.2, 0.25) is 0 Å². The molecule has 3 rings (SSSR count). The van der Waals surface area contributed by atoms with E-state index < -0.39 is 0 Å². The molecule has 0 saturated heterocycles. The fourth-order valence-electron chi connectivity index (χ4n) is 3.66. The topological polar surface area (TPSA) is 0 Å². The maximum Gasteiger partial charge on any atom is -0.0291 e. The fraction of sp³-hybridized carbons (Fsp3) is 1.00. The zero-order chi connectivity index (χ0) is 7.85. The van der Waals surface area contributed by atoms with Crippen LogP contribution in [0.1, 0.15) is 40.0 Å². The lowest BCUT2D eigenvalue weighted by atomic mass is 9.90. The molecule has 3 fully saturated rings. The van der Waals surface area contributed by atoms with Gasteiger partial charge in [0.25, 0.3) is 0 Å². The van der Waals surface area contributed by atoms with Crippen molar-refractivity contribution < 1.29 is 0 Å². The summed E-state index contributed by atoms with van der Waals surface area (Å²) in [5.41, 5.74) is 1.55. The van der Waals surface area contributed by atoms with E-state index in [1.165, 1.54) is 0 Å². The molecule has 4 atom stereocenters. The van der Waals surface area contributed by atoms with Gasteiger partial charge in [0.05, 0.1) is 0 Å². The van der Waals surface area contributed by atoms with Crippen LogP contribution in [-0.4, -0.2) is 0 Å². The van der Waals surface area contributed by atoms with E-state index in [1.807, 2.05) is 0 Å². The highest BCUT2D eigenvalue weighted by molar-refractivity contribution is 5.17. The second-order valence-electron chi connectivity index (χ2n) is 6.03. The fourth-order valence-corrected chi connectivity index (χ4v) is 3.66. The van der Waals surface area contributed by atoms with Gasteiger partial charge >= 0.3 is 0 Å². The Kier molecular flexibility index (Phi) is 0.832. The first kappa shape index (κ1) is 6.51. The highest BCUT2D eigenvalue weighted by Crippen LogP contribution is 2.76. The van der Waals surface area contributed by atoms with Crippen LogP contribution in [0.3, 0.4) is 0 Å². The van der Waals surface area contributed by atoms with E-state index >= 15 is 0 Å². The molecule has 0 N–H and O–H groups in total. The molecule has 0 heterocycles. The smallest absolute Gasteiger partial charge is 0.0291 e. The summed E-state index contributed by atoms with van der Waals surface area (Å²) in [4.78, 5) is 0. The van der Waals surface area contributed by atoms with Gasteiger partial charge in [-0.25, -0.2) is 0 Å². The number of hydrogen-bond donors (Lipinski definition) is 0. The first-order chi connectivity index (χ1) is 5.04. The quantitative estimate of drug-likeness (QED) is 0.498. The maximum absolute atomic E-state index is 2.50. The predicted octanol–water partition coefficient (Wildman–Crippen LogP) is 3.08. The van der Waals surface area contributed by atoms with Crippen LogP contribution in [0.25, 0.3) is 0 Å². The lowest BCUT2D eigenvalue weighted by Crippen LogP contribution is -2.06. The molecule has 3 aliphatic carbocycles. The summed E-state index contributed by atoms with van der Waals surface area (Å²) in [6.07, 6.45) is 4.67. The highest BCUT2D eigenvalue weighted by Gasteiger charge is 2.68. The van der Waals surface area contributed by atoms with Gasteiger partial charge in [0.1, 0.15) is 0 Å². The molecule has 0 aliphatic heterocycles. The minimum Gasteiger partial charge on any atom is -0.0594 e. The molecule has 0 nitrogen and oxygen atoms in total. The first-order valence-corrected chi connectivity index (χ1v) is 5.04. The molecule has 3 aliphatic rings. The molecule has 0 heteroatoms. The van der Waals surface area contributed by atoms with Gasteiger partial charge < -0.3 is 0 Å². The first-order valence-electron chi connectivity index (χ1n) is 5.04. The van der Waals surface area contributed by atoms with Crippen LogP contribution in [0.15, 0.2) is 0 Å². The van der Waals surface area contributed by atoms with Gasteiger partial charge in [-0.3, -0.25) is 0 Å². The summed E-state index contributed by atoms with van der Waals surface area (Å²) in [7, 11) is 0. The van der Waals surface area contributed by atoms with E-state index in [1.54, 1.807) is 19.3 Å². The van der Waals surface area contributed by atoms with E-state index in [9.17, 15) is 0 Å². The minimum atomic E-state index is 0.733. The van der Waals surface area contributed by atoms with E-state index in [4.69, 9.17) is 0 Å². The summed E-state index contributed by atoms with van der Waals surface area (Å²) >= 11 is 0. The molecule has 1 unspecified atom stereocenters. The Labute approximate surface area is 69.4 Å². The van der Waals surface area contributed by atoms with Gasteiger partial charge in [-0.15, -0.1) is 0 Å². The van der Waals surface area contributed by atoms with Crippen molar-refractivity contribution in [1.82, 2.24) is 0 Å². The Hall–Kier alpha value is 0. The van der Waals surface area contributed by atoms with Crippen LogP contribution in [0, 0.1) is 28.6 Å². The lowest BCUT2D eigenvalue weighted by molar-refractivity contribution is 0.348. The Morgan fingerprint density at radius 2 is 1.73 bits per heavy atom. The molecule has 0 spiro atoms. The molecular formula is C11H18. The van der Waals surface area contributed by atoms with Gasteiger partial charge in [-0.05, 0) is 47.8 Å². The number of rotatable bonds is 0. The number of hydrogen-bond acceptors (Lipinski definition) is 0. The third-order valence-electron chi connectivity index (χ3n) is 5.05. The van der Waals surface area contributed by atoms with E-state index in [-0.39, 0.29) is 0 Å². The second-order valence-corrected chi connectivity index (χ2v) is 6.03. The Bertz CT molecular complexity index is 216. The summed E-state index contributed by atoms with van der Waals surface area (Å²) in [5.74, 6) is 3.35. The molecule has 0 aromatic rings. The molecule has 0 amide bonds. The van der Waals surface area contributed by atoms with Gasteiger partial charge in [-0.2, -0.15) is 0 Å². The van der Waals surface area contributed by atoms with Crippen molar-refractivity contribution in [2.75, 3.05) is 0 Å². The zero-order valence-electron chi connectivity index (χ0n) is 7.85. The van der Waals surface area contributed by atoms with Crippen molar-refractivity contribution >= 4 is 0 Å². The molecule has 0 radical (unpaired) electrons. The van der Waals surface area contributed by atoms with Crippen molar-refractivity contribution in [3.05, 3.63) is 0 Å². The van der Waals surface area contributed by atoms with Crippen molar-refractivity contribution in [2.24, 2.45) is 28.6 Å². The Morgan fingerprint density at radius 3 is 2.36 bits per heavy atom. The van der Waals surface area contributed by atoms with Gasteiger partial charge in [0, 0.05) is 0 Å². The second kappa shape index (κ2) is 1.41. The summed E-state index contributed by atoms with van der Waals surface area (Å²) in [5, 5.41) is 0. The average Bonchev–Trinajstić information content (AvgIpc) is 2.68. The summed E-state index contributed by atoms with van der Waals surface area (Å²) < 4.78 is 0. The molecular weight excluding hydrogens is 132 g/mol. The third kappa shape index (κ3) is 0.625. The van der Waals surface area contributed by atoms with E-state index in [0.717, 1.165) is 28.6 Å². The van der Waals surface area contributed by atoms with Crippen LogP contribution < -0.4 is 0 Å². The van der Waals surface area contributed by atoms with Crippen molar-refractivity contribution in [2.45, 2.75) is 40.0 Å². The molecule has 0 aromatic heterocycles. The average molecular weight is 150 g/mol. The van der Waals surface area contributed by atoms with Crippen molar-refractivity contribution in [3.8, 4) is 0 Å². The minimum absolute atomic E-state index is 0.733. The van der Waals surface area contributed by atoms with Crippen molar-refractivity contribution in [3.63, 3.8) is 0 Å². The van der Waals surface area contributed by atoms with Crippen LogP contribution >= 0.6 is 0 Å². The predicted molar refractivity (Wildman–Crippen MR) is 46.2 cm³/mol. The van der Waals surface area contributed by atoms with Crippen molar-refractivity contribution in [1.29, 1.82) is 0 Å². The van der Waals surface area contributed by atoms with E-state index in [0.29, 0.717) is 0 Å². The molecule has 62 valence electrons. The molecule has 3 saturated carbocycles. The summed E-state index contributed by atoms with van der Waals surface area (Å²) in [6.45, 7) is 7.44. The monoisotopic (exact) mass is 150 g/mol. The molecule has 0 bridgehead atoms. The maximum atomic E-state index is 2.50. The largest absolute Gasteiger partial charge is 0.0594 e. The van der Waals surface area contributed by atoms with Crippen LogP contribution in [-0.2, 0) is 0 Å². The Morgan fingerprint density at radius 1 is 1.00 bits per heavy atom. The number of fused-ring (bicyclic) bond motifs is 2. The van der Waals surface area contributed by atoms with Gasteiger partial charge in [-0.1, -0.05) is 20.8 Å². The molecule has 0 aromatic carbocycles.